The highest BCUT2D eigenvalue weighted by Gasteiger charge is 2.61. The summed E-state index contributed by atoms with van der Waals surface area (Å²) in [5.41, 5.74) is -0.649. The van der Waals surface area contributed by atoms with Gasteiger partial charge < -0.3 is 10.2 Å². The van der Waals surface area contributed by atoms with Gasteiger partial charge in [-0.2, -0.15) is 4.31 Å². The van der Waals surface area contributed by atoms with Gasteiger partial charge in [-0.25, -0.2) is 8.42 Å². The van der Waals surface area contributed by atoms with Gasteiger partial charge in [-0.05, 0) is 62.5 Å². The molecule has 5 fully saturated rings. The van der Waals surface area contributed by atoms with Crippen molar-refractivity contribution in [1.82, 2.24) is 14.5 Å². The third kappa shape index (κ3) is 3.71. The van der Waals surface area contributed by atoms with E-state index in [0.717, 1.165) is 49.9 Å². The number of rotatable bonds is 4. The molecule has 2 amide bonds. The summed E-state index contributed by atoms with van der Waals surface area (Å²) in [6, 6.07) is 3.13. The molecule has 0 spiro atoms. The quantitative estimate of drug-likeness (QED) is 0.710. The van der Waals surface area contributed by atoms with E-state index in [9.17, 15) is 18.0 Å². The summed E-state index contributed by atoms with van der Waals surface area (Å²) < 4.78 is 27.9. The number of hydrogen-bond donors (Lipinski definition) is 1. The highest BCUT2D eigenvalue weighted by atomic mass is 35.5. The predicted octanol–water partition coefficient (Wildman–Crippen LogP) is 2.71. The molecule has 7 nitrogen and oxygen atoms in total. The molecule has 170 valence electrons. The molecule has 1 aliphatic heterocycles. The Balaban J connectivity index is 1.30. The van der Waals surface area contributed by atoms with Crippen molar-refractivity contribution in [3.8, 4) is 0 Å². The van der Waals surface area contributed by atoms with Crippen LogP contribution in [0.4, 0.5) is 0 Å². The molecule has 6 rings (SSSR count). The van der Waals surface area contributed by atoms with Crippen molar-refractivity contribution in [2.75, 3.05) is 26.2 Å². The number of thiophene rings is 1. The second-order valence-electron chi connectivity index (χ2n) is 9.96. The molecule has 0 radical (unpaired) electrons. The van der Waals surface area contributed by atoms with Crippen molar-refractivity contribution in [3.63, 3.8) is 0 Å². The molecule has 4 bridgehead atoms. The summed E-state index contributed by atoms with van der Waals surface area (Å²) in [7, 11) is -3.58. The Bertz CT molecular complexity index is 1000. The molecule has 4 saturated carbocycles. The van der Waals surface area contributed by atoms with E-state index in [1.54, 1.807) is 13.0 Å². The molecule has 1 aromatic heterocycles. The second-order valence-corrected chi connectivity index (χ2v) is 13.8. The highest BCUT2D eigenvalue weighted by Crippen LogP contribution is 2.62. The first-order chi connectivity index (χ1) is 14.6. The minimum atomic E-state index is -3.58. The van der Waals surface area contributed by atoms with E-state index in [1.807, 2.05) is 4.90 Å². The van der Waals surface area contributed by atoms with Crippen molar-refractivity contribution >= 4 is 44.8 Å². The van der Waals surface area contributed by atoms with E-state index < -0.39 is 15.4 Å². The van der Waals surface area contributed by atoms with Gasteiger partial charge in [0.15, 0.2) is 0 Å². The Labute approximate surface area is 192 Å². The molecule has 4 aliphatic carbocycles. The Kier molecular flexibility index (Phi) is 5.20. The lowest BCUT2D eigenvalue weighted by molar-refractivity contribution is -0.164. The topological polar surface area (TPSA) is 86.8 Å². The Morgan fingerprint density at radius 2 is 1.74 bits per heavy atom. The summed E-state index contributed by atoms with van der Waals surface area (Å²) in [5.74, 6) is 1.12. The van der Waals surface area contributed by atoms with Gasteiger partial charge in [0.1, 0.15) is 4.21 Å². The fourth-order valence-electron chi connectivity index (χ4n) is 7.06. The Morgan fingerprint density at radius 1 is 1.10 bits per heavy atom. The first-order valence-corrected chi connectivity index (χ1v) is 13.6. The first kappa shape index (κ1) is 21.7. The molecule has 1 N–H and O–H groups in total. The van der Waals surface area contributed by atoms with Gasteiger partial charge in [-0.1, -0.05) is 11.6 Å². The largest absolute Gasteiger partial charge is 0.351 e. The number of halogens is 1. The van der Waals surface area contributed by atoms with Gasteiger partial charge in [0, 0.05) is 38.6 Å². The van der Waals surface area contributed by atoms with Gasteiger partial charge in [0.25, 0.3) is 10.0 Å². The third-order valence-corrected chi connectivity index (χ3v) is 11.2. The molecule has 5 aliphatic rings. The van der Waals surface area contributed by atoms with Gasteiger partial charge in [-0.15, -0.1) is 11.3 Å². The fraction of sp³-hybridized carbons (Fsp3) is 0.714. The van der Waals surface area contributed by atoms with Crippen LogP contribution in [-0.4, -0.2) is 61.2 Å². The lowest BCUT2D eigenvalue weighted by Gasteiger charge is -2.62. The molecule has 2 atom stereocenters. The zero-order valence-electron chi connectivity index (χ0n) is 17.6. The summed E-state index contributed by atoms with van der Waals surface area (Å²) >= 11 is 6.98. The number of amides is 2. The average molecular weight is 486 g/mol. The van der Waals surface area contributed by atoms with Crippen LogP contribution in [0.25, 0.3) is 0 Å². The standard InChI is InChI=1S/C21H28ClN3O4S2/c1-14(26)23-21-11-15-8-16(12-21)10-20(9-15,13-21)19(27)24-4-6-25(7-5-24)31(28,29)18-3-2-17(22)30-18/h2-3,15-16H,4-13H2,1H3,(H,23,26)/t15-,16-,20?,21?/m1/s1. The van der Waals surface area contributed by atoms with Crippen molar-refractivity contribution in [2.45, 2.75) is 55.2 Å². The smallest absolute Gasteiger partial charge is 0.252 e. The van der Waals surface area contributed by atoms with Gasteiger partial charge in [0.2, 0.25) is 11.8 Å². The molecule has 0 unspecified atom stereocenters. The zero-order valence-corrected chi connectivity index (χ0v) is 20.0. The average Bonchev–Trinajstić information content (AvgIpc) is 3.12. The van der Waals surface area contributed by atoms with Crippen LogP contribution in [0.2, 0.25) is 4.34 Å². The zero-order chi connectivity index (χ0) is 22.0. The summed E-state index contributed by atoms with van der Waals surface area (Å²) in [6.45, 7) is 2.96. The SMILES string of the molecule is CC(=O)NC12C[C@@H]3C[C@@H](C1)CC(C(=O)N1CCN(S(=O)(=O)c4ccc(Cl)s4)CC1)(C3)C2. The third-order valence-electron chi connectivity index (χ3n) is 7.62. The predicted molar refractivity (Wildman–Crippen MR) is 118 cm³/mol. The van der Waals surface area contributed by atoms with Crippen LogP contribution in [0.1, 0.15) is 45.4 Å². The number of piperazine rings is 1. The lowest BCUT2D eigenvalue weighted by atomic mass is 9.46. The molecule has 31 heavy (non-hydrogen) atoms. The lowest BCUT2D eigenvalue weighted by Crippen LogP contribution is -2.66. The van der Waals surface area contributed by atoms with Crippen molar-refractivity contribution in [1.29, 1.82) is 0 Å². The second kappa shape index (κ2) is 7.43. The molecule has 2 heterocycles. The number of carbonyl (C=O) groups is 2. The maximum absolute atomic E-state index is 13.7. The molecule has 1 aromatic rings. The molecule has 1 saturated heterocycles. The minimum Gasteiger partial charge on any atom is -0.351 e. The first-order valence-electron chi connectivity index (χ1n) is 10.9. The van der Waals surface area contributed by atoms with Crippen LogP contribution in [-0.2, 0) is 19.6 Å². The van der Waals surface area contributed by atoms with Gasteiger partial charge in [-0.3, -0.25) is 9.59 Å². The summed E-state index contributed by atoms with van der Waals surface area (Å²) in [6.07, 6.45) is 5.64. The molecule has 10 heteroatoms. The summed E-state index contributed by atoms with van der Waals surface area (Å²) in [4.78, 5) is 27.5. The van der Waals surface area contributed by atoms with Crippen molar-refractivity contribution in [2.24, 2.45) is 17.3 Å². The van der Waals surface area contributed by atoms with Crippen LogP contribution in [0.5, 0.6) is 0 Å². The Hall–Kier alpha value is -1.16. The molecular formula is C21H28ClN3O4S2. The fourth-order valence-corrected chi connectivity index (χ4v) is 10.1. The molecular weight excluding hydrogens is 458 g/mol. The number of sulfonamides is 1. The number of carbonyl (C=O) groups excluding carboxylic acids is 2. The van der Waals surface area contributed by atoms with E-state index in [-0.39, 0.29) is 21.6 Å². The van der Waals surface area contributed by atoms with Crippen LogP contribution in [0.15, 0.2) is 16.3 Å². The maximum atomic E-state index is 13.7. The number of nitrogens with zero attached hydrogens (tertiary/aromatic N) is 2. The monoisotopic (exact) mass is 485 g/mol. The maximum Gasteiger partial charge on any atom is 0.252 e. The summed E-state index contributed by atoms with van der Waals surface area (Å²) in [5, 5.41) is 3.21. The van der Waals surface area contributed by atoms with E-state index in [4.69, 9.17) is 11.6 Å². The number of hydrogen-bond acceptors (Lipinski definition) is 5. The van der Waals surface area contributed by atoms with Gasteiger partial charge in [0.05, 0.1) is 9.75 Å². The van der Waals surface area contributed by atoms with Crippen LogP contribution < -0.4 is 5.32 Å². The molecule has 0 aromatic carbocycles. The normalized spacial score (nSPS) is 35.4. The van der Waals surface area contributed by atoms with Crippen molar-refractivity contribution < 1.29 is 18.0 Å². The van der Waals surface area contributed by atoms with E-state index in [0.29, 0.717) is 42.4 Å². The van der Waals surface area contributed by atoms with Crippen molar-refractivity contribution in [3.05, 3.63) is 16.5 Å². The van der Waals surface area contributed by atoms with E-state index >= 15 is 0 Å². The van der Waals surface area contributed by atoms with E-state index in [1.165, 1.54) is 10.4 Å². The minimum absolute atomic E-state index is 0.0166. The van der Waals surface area contributed by atoms with Crippen LogP contribution in [0.3, 0.4) is 0 Å². The van der Waals surface area contributed by atoms with Gasteiger partial charge >= 0.3 is 0 Å². The van der Waals surface area contributed by atoms with Crippen LogP contribution >= 0.6 is 22.9 Å². The Morgan fingerprint density at radius 3 is 2.29 bits per heavy atom. The number of nitrogens with one attached hydrogen (secondary N) is 1. The highest BCUT2D eigenvalue weighted by molar-refractivity contribution is 7.91. The van der Waals surface area contributed by atoms with E-state index in [2.05, 4.69) is 5.32 Å². The van der Waals surface area contributed by atoms with Crippen LogP contribution in [0, 0.1) is 17.3 Å².